The summed E-state index contributed by atoms with van der Waals surface area (Å²) in [6.07, 6.45) is 2.94. The summed E-state index contributed by atoms with van der Waals surface area (Å²) in [6, 6.07) is 9.56. The van der Waals surface area contributed by atoms with Gasteiger partial charge in [-0.3, -0.25) is 4.79 Å². The molecule has 0 radical (unpaired) electrons. The Kier molecular flexibility index (Phi) is 3.71. The van der Waals surface area contributed by atoms with Crippen molar-refractivity contribution in [2.24, 2.45) is 0 Å². The lowest BCUT2D eigenvalue weighted by atomic mass is 9.92. The minimum Gasteiger partial charge on any atom is -0.373 e. The Hall–Kier alpha value is -2.56. The van der Waals surface area contributed by atoms with E-state index in [-0.39, 0.29) is 5.78 Å². The summed E-state index contributed by atoms with van der Waals surface area (Å²) in [6.45, 7) is 0. The molecule has 0 bridgehead atoms. The van der Waals surface area contributed by atoms with Crippen molar-refractivity contribution >= 4 is 11.5 Å². The molecule has 0 saturated carbocycles. The highest BCUT2D eigenvalue weighted by Gasteiger charge is 2.32. The van der Waals surface area contributed by atoms with Crippen LogP contribution in [0.25, 0.3) is 0 Å². The maximum atomic E-state index is 13.7. The van der Waals surface area contributed by atoms with Gasteiger partial charge in [-0.25, -0.2) is 13.2 Å². The van der Waals surface area contributed by atoms with Crippen LogP contribution in [0, 0.1) is 17.5 Å². The number of rotatable bonds is 3. The maximum Gasteiger partial charge on any atom is 0.165 e. The number of carbonyl (C=O) groups excluding carboxylic acids is 1. The molecule has 2 aromatic carbocycles. The van der Waals surface area contributed by atoms with Gasteiger partial charge in [-0.1, -0.05) is 36.4 Å². The van der Waals surface area contributed by atoms with Gasteiger partial charge in [-0.2, -0.15) is 0 Å². The van der Waals surface area contributed by atoms with E-state index in [1.807, 2.05) is 6.07 Å². The summed E-state index contributed by atoms with van der Waals surface area (Å²) in [5.74, 6) is -3.76. The lowest BCUT2D eigenvalue weighted by molar-refractivity contribution is -0.115. The number of ketones is 1. The number of halogens is 3. The molecule has 112 valence electrons. The van der Waals surface area contributed by atoms with Crippen LogP contribution in [0.4, 0.5) is 18.9 Å². The number of hydrogen-bond donors (Lipinski definition) is 1. The van der Waals surface area contributed by atoms with Gasteiger partial charge in [0.2, 0.25) is 0 Å². The zero-order valence-corrected chi connectivity index (χ0v) is 11.4. The van der Waals surface area contributed by atoms with Crippen molar-refractivity contribution < 1.29 is 18.0 Å². The van der Waals surface area contributed by atoms with Crippen molar-refractivity contribution in [1.82, 2.24) is 0 Å². The fourth-order valence-electron chi connectivity index (χ4n) is 2.60. The van der Waals surface area contributed by atoms with Crippen LogP contribution >= 0.6 is 0 Å². The number of hydrogen-bond acceptors (Lipinski definition) is 2. The van der Waals surface area contributed by atoms with Gasteiger partial charge < -0.3 is 5.32 Å². The summed E-state index contributed by atoms with van der Waals surface area (Å²) in [4.78, 5) is 12.0. The van der Waals surface area contributed by atoms with Crippen molar-refractivity contribution in [3.8, 4) is 0 Å². The lowest BCUT2D eigenvalue weighted by Crippen LogP contribution is -2.27. The van der Waals surface area contributed by atoms with Crippen molar-refractivity contribution in [2.45, 2.75) is 12.0 Å². The Balaban J connectivity index is 1.92. The molecular weight excluding hydrogens is 291 g/mol. The van der Waals surface area contributed by atoms with Gasteiger partial charge in [0, 0.05) is 12.1 Å². The Labute approximate surface area is 125 Å². The van der Waals surface area contributed by atoms with Crippen LogP contribution in [-0.2, 0) is 4.79 Å². The van der Waals surface area contributed by atoms with E-state index in [0.29, 0.717) is 12.1 Å². The second kappa shape index (κ2) is 5.67. The molecule has 22 heavy (non-hydrogen) atoms. The molecule has 0 saturated heterocycles. The first kappa shape index (κ1) is 14.4. The standard InChI is InChI=1S/C17H12F3NO/c18-11-8-12(19)17(13(20)9-11)21-14-6-7-15(22)16(14)10-4-2-1-3-5-10/h1-9,14,16,21H/t14-,16+/m1/s1. The molecule has 0 aromatic heterocycles. The predicted molar refractivity (Wildman–Crippen MR) is 77.1 cm³/mol. The van der Waals surface area contributed by atoms with Crippen LogP contribution < -0.4 is 5.32 Å². The van der Waals surface area contributed by atoms with E-state index in [4.69, 9.17) is 0 Å². The van der Waals surface area contributed by atoms with Crippen LogP contribution in [0.1, 0.15) is 11.5 Å². The van der Waals surface area contributed by atoms with E-state index < -0.39 is 35.1 Å². The second-order valence-electron chi connectivity index (χ2n) is 5.06. The number of benzene rings is 2. The molecule has 0 amide bonds. The Morgan fingerprint density at radius 3 is 2.23 bits per heavy atom. The monoisotopic (exact) mass is 303 g/mol. The minimum absolute atomic E-state index is 0.147. The first-order valence-electron chi connectivity index (χ1n) is 6.74. The van der Waals surface area contributed by atoms with Crippen LogP contribution in [-0.4, -0.2) is 11.8 Å². The third-order valence-corrected chi connectivity index (χ3v) is 3.61. The molecule has 5 heteroatoms. The number of nitrogens with one attached hydrogen (secondary N) is 1. The van der Waals surface area contributed by atoms with Crippen molar-refractivity contribution in [3.05, 3.63) is 77.6 Å². The van der Waals surface area contributed by atoms with E-state index in [1.165, 1.54) is 6.08 Å². The lowest BCUT2D eigenvalue weighted by Gasteiger charge is -2.21. The van der Waals surface area contributed by atoms with E-state index >= 15 is 0 Å². The fourth-order valence-corrected chi connectivity index (χ4v) is 2.60. The van der Waals surface area contributed by atoms with Crippen molar-refractivity contribution in [2.75, 3.05) is 5.32 Å². The average Bonchev–Trinajstić information content (AvgIpc) is 2.84. The minimum atomic E-state index is -1.03. The molecule has 2 nitrogen and oxygen atoms in total. The summed E-state index contributed by atoms with van der Waals surface area (Å²) in [5.41, 5.74) is 0.310. The van der Waals surface area contributed by atoms with Crippen LogP contribution in [0.5, 0.6) is 0 Å². The second-order valence-corrected chi connectivity index (χ2v) is 5.06. The van der Waals surface area contributed by atoms with Gasteiger partial charge in [0.05, 0.1) is 12.0 Å². The topological polar surface area (TPSA) is 29.1 Å². The number of carbonyl (C=O) groups is 1. The summed E-state index contributed by atoms with van der Waals surface area (Å²) in [7, 11) is 0. The van der Waals surface area contributed by atoms with Gasteiger partial charge >= 0.3 is 0 Å². The van der Waals surface area contributed by atoms with Gasteiger partial charge in [0.25, 0.3) is 0 Å². The molecule has 0 spiro atoms. The largest absolute Gasteiger partial charge is 0.373 e. The first-order chi connectivity index (χ1) is 10.6. The first-order valence-corrected chi connectivity index (χ1v) is 6.74. The molecule has 1 aliphatic carbocycles. The van der Waals surface area contributed by atoms with Gasteiger partial charge in [-0.05, 0) is 11.6 Å². The van der Waals surface area contributed by atoms with Crippen LogP contribution in [0.2, 0.25) is 0 Å². The average molecular weight is 303 g/mol. The van der Waals surface area contributed by atoms with E-state index in [9.17, 15) is 18.0 Å². The zero-order chi connectivity index (χ0) is 15.7. The van der Waals surface area contributed by atoms with Crippen molar-refractivity contribution in [3.63, 3.8) is 0 Å². The molecular formula is C17H12F3NO. The highest BCUT2D eigenvalue weighted by Crippen LogP contribution is 2.31. The molecule has 2 aromatic rings. The third-order valence-electron chi connectivity index (χ3n) is 3.61. The molecule has 2 atom stereocenters. The highest BCUT2D eigenvalue weighted by atomic mass is 19.1. The normalized spacial score (nSPS) is 20.4. The predicted octanol–water partition coefficient (Wildman–Crippen LogP) is 3.81. The van der Waals surface area contributed by atoms with Gasteiger partial charge in [0.15, 0.2) is 17.4 Å². The Bertz CT molecular complexity index is 720. The molecule has 3 rings (SSSR count). The molecule has 0 unspecified atom stereocenters. The fraction of sp³-hybridized carbons (Fsp3) is 0.118. The highest BCUT2D eigenvalue weighted by molar-refractivity contribution is 5.99. The zero-order valence-electron chi connectivity index (χ0n) is 11.4. The summed E-state index contributed by atoms with van der Waals surface area (Å²) < 4.78 is 40.4. The van der Waals surface area contributed by atoms with E-state index in [2.05, 4.69) is 5.32 Å². The van der Waals surface area contributed by atoms with E-state index in [1.54, 1.807) is 30.3 Å². The molecule has 1 N–H and O–H groups in total. The summed E-state index contributed by atoms with van der Waals surface area (Å²) in [5, 5.41) is 2.66. The Morgan fingerprint density at radius 1 is 0.955 bits per heavy atom. The SMILES string of the molecule is O=C1C=C[C@@H](Nc2c(F)cc(F)cc2F)[C@@H]1c1ccccc1. The smallest absolute Gasteiger partial charge is 0.165 e. The molecule has 0 heterocycles. The van der Waals surface area contributed by atoms with Gasteiger partial charge in [0.1, 0.15) is 11.5 Å². The molecule has 0 fully saturated rings. The number of allylic oxidation sites excluding steroid dienone is 1. The molecule has 1 aliphatic rings. The Morgan fingerprint density at radius 2 is 1.59 bits per heavy atom. The van der Waals surface area contributed by atoms with Crippen molar-refractivity contribution in [1.29, 1.82) is 0 Å². The quantitative estimate of drug-likeness (QED) is 0.934. The van der Waals surface area contributed by atoms with E-state index in [0.717, 1.165) is 5.56 Å². The third kappa shape index (κ3) is 2.62. The van der Waals surface area contributed by atoms with Crippen LogP contribution in [0.15, 0.2) is 54.6 Å². The maximum absolute atomic E-state index is 13.7. The van der Waals surface area contributed by atoms with Crippen LogP contribution in [0.3, 0.4) is 0 Å². The summed E-state index contributed by atoms with van der Waals surface area (Å²) >= 11 is 0. The van der Waals surface area contributed by atoms with Gasteiger partial charge in [-0.15, -0.1) is 0 Å². The number of anilines is 1. The molecule has 0 aliphatic heterocycles.